The maximum atomic E-state index is 12.6. The van der Waals surface area contributed by atoms with Gasteiger partial charge in [0.2, 0.25) is 0 Å². The Kier molecular flexibility index (Phi) is 5.27. The summed E-state index contributed by atoms with van der Waals surface area (Å²) in [4.78, 5) is 26.2. The van der Waals surface area contributed by atoms with Crippen molar-refractivity contribution in [2.45, 2.75) is 46.5 Å². The van der Waals surface area contributed by atoms with Crippen molar-refractivity contribution in [1.29, 1.82) is 0 Å². The minimum atomic E-state index is -0.347. The van der Waals surface area contributed by atoms with Gasteiger partial charge in [-0.05, 0) is 56.2 Å². The third-order valence-electron chi connectivity index (χ3n) is 4.34. The molecule has 0 spiro atoms. The third-order valence-corrected chi connectivity index (χ3v) is 5.51. The van der Waals surface area contributed by atoms with E-state index < -0.39 is 0 Å². The summed E-state index contributed by atoms with van der Waals surface area (Å²) in [6.07, 6.45) is 3.59. The summed E-state index contributed by atoms with van der Waals surface area (Å²) in [5.74, 6) is 0.809. The Hall–Kier alpha value is -2.08. The van der Waals surface area contributed by atoms with Crippen LogP contribution in [0.4, 0.5) is 5.00 Å². The lowest BCUT2D eigenvalue weighted by atomic mass is 9.88. The lowest BCUT2D eigenvalue weighted by molar-refractivity contribution is 0.0505. The average Bonchev–Trinajstić information content (AvgIpc) is 3.15. The fourth-order valence-electron chi connectivity index (χ4n) is 3.04. The second-order valence-electron chi connectivity index (χ2n) is 6.56. The normalized spacial score (nSPS) is 16.4. The molecule has 25 heavy (non-hydrogen) atoms. The van der Waals surface area contributed by atoms with Crippen LogP contribution < -0.4 is 5.32 Å². The summed E-state index contributed by atoms with van der Waals surface area (Å²) in [6.45, 7) is 6.34. The molecule has 2 heterocycles. The number of rotatable bonds is 5. The van der Waals surface area contributed by atoms with Gasteiger partial charge in [0.1, 0.15) is 10.8 Å². The van der Waals surface area contributed by atoms with E-state index in [9.17, 15) is 9.59 Å². The van der Waals surface area contributed by atoms with Gasteiger partial charge in [0.25, 0.3) is 5.91 Å². The standard InChI is InChI=1S/C19H23NO4S/c1-4-9-23-19(22)16-13-7-5-11(2)10-15(13)25-18(16)20-17(21)14-8-6-12(3)24-14/h6,8,11H,4-5,7,9-10H2,1-3H3,(H,20,21). The monoisotopic (exact) mass is 361 g/mol. The summed E-state index contributed by atoms with van der Waals surface area (Å²) in [5, 5.41) is 3.42. The van der Waals surface area contributed by atoms with Crippen molar-refractivity contribution in [3.8, 4) is 0 Å². The van der Waals surface area contributed by atoms with E-state index >= 15 is 0 Å². The maximum absolute atomic E-state index is 12.6. The molecule has 0 bridgehead atoms. The van der Waals surface area contributed by atoms with E-state index in [2.05, 4.69) is 12.2 Å². The van der Waals surface area contributed by atoms with Gasteiger partial charge >= 0.3 is 5.97 Å². The first-order chi connectivity index (χ1) is 12.0. The summed E-state index contributed by atoms with van der Waals surface area (Å²) >= 11 is 1.48. The van der Waals surface area contributed by atoms with Gasteiger partial charge in [-0.1, -0.05) is 13.8 Å². The molecule has 0 saturated heterocycles. The molecular weight excluding hydrogens is 338 g/mol. The number of fused-ring (bicyclic) bond motifs is 1. The Morgan fingerprint density at radius 3 is 2.88 bits per heavy atom. The van der Waals surface area contributed by atoms with Crippen molar-refractivity contribution in [1.82, 2.24) is 0 Å². The summed E-state index contributed by atoms with van der Waals surface area (Å²) < 4.78 is 10.7. The first-order valence-corrected chi connectivity index (χ1v) is 9.50. The maximum Gasteiger partial charge on any atom is 0.341 e. The van der Waals surface area contributed by atoms with E-state index in [4.69, 9.17) is 9.15 Å². The summed E-state index contributed by atoms with van der Waals surface area (Å²) in [6, 6.07) is 3.38. The minimum Gasteiger partial charge on any atom is -0.462 e. The Balaban J connectivity index is 1.91. The second-order valence-corrected chi connectivity index (χ2v) is 7.66. The lowest BCUT2D eigenvalue weighted by Crippen LogP contribution is -2.16. The number of hydrogen-bond acceptors (Lipinski definition) is 5. The summed E-state index contributed by atoms with van der Waals surface area (Å²) in [7, 11) is 0. The molecule has 2 aromatic rings. The molecule has 1 atom stereocenters. The van der Waals surface area contributed by atoms with Crippen molar-refractivity contribution in [3.05, 3.63) is 39.7 Å². The van der Waals surface area contributed by atoms with Gasteiger partial charge in [-0.25, -0.2) is 4.79 Å². The molecule has 6 heteroatoms. The average molecular weight is 361 g/mol. The number of nitrogens with one attached hydrogen (secondary N) is 1. The van der Waals surface area contributed by atoms with Crippen LogP contribution in [0.2, 0.25) is 0 Å². The number of anilines is 1. The number of furan rings is 1. The molecule has 1 aliphatic carbocycles. The SMILES string of the molecule is CCCOC(=O)c1c(NC(=O)c2ccc(C)o2)sc2c1CCC(C)C2. The Morgan fingerprint density at radius 2 is 2.20 bits per heavy atom. The van der Waals surface area contributed by atoms with Crippen LogP contribution >= 0.6 is 11.3 Å². The van der Waals surface area contributed by atoms with E-state index in [0.29, 0.717) is 28.8 Å². The Labute approximate surface area is 151 Å². The van der Waals surface area contributed by atoms with Crippen LogP contribution in [0.3, 0.4) is 0 Å². The molecule has 1 unspecified atom stereocenters. The molecule has 1 N–H and O–H groups in total. The van der Waals surface area contributed by atoms with Gasteiger partial charge < -0.3 is 14.5 Å². The van der Waals surface area contributed by atoms with Crippen molar-refractivity contribution < 1.29 is 18.7 Å². The number of carbonyl (C=O) groups is 2. The van der Waals surface area contributed by atoms with E-state index in [1.54, 1.807) is 19.1 Å². The highest BCUT2D eigenvalue weighted by molar-refractivity contribution is 7.17. The fourth-order valence-corrected chi connectivity index (χ4v) is 4.44. The molecule has 2 aromatic heterocycles. The van der Waals surface area contributed by atoms with Crippen molar-refractivity contribution in [2.75, 3.05) is 11.9 Å². The smallest absolute Gasteiger partial charge is 0.341 e. The molecule has 3 rings (SSSR count). The number of aryl methyl sites for hydroxylation is 1. The predicted molar refractivity (Wildman–Crippen MR) is 97.5 cm³/mol. The van der Waals surface area contributed by atoms with Crippen LogP contribution in [0.25, 0.3) is 0 Å². The third kappa shape index (κ3) is 3.79. The topological polar surface area (TPSA) is 68.5 Å². The van der Waals surface area contributed by atoms with E-state index in [0.717, 1.165) is 31.2 Å². The molecule has 0 aromatic carbocycles. The molecular formula is C19H23NO4S. The van der Waals surface area contributed by atoms with Gasteiger partial charge in [0.05, 0.1) is 12.2 Å². The van der Waals surface area contributed by atoms with Crippen molar-refractivity contribution >= 4 is 28.2 Å². The van der Waals surface area contributed by atoms with Crippen LogP contribution in [-0.2, 0) is 17.6 Å². The molecule has 0 radical (unpaired) electrons. The zero-order valence-corrected chi connectivity index (χ0v) is 15.6. The Bertz CT molecular complexity index is 789. The van der Waals surface area contributed by atoms with Crippen molar-refractivity contribution in [3.63, 3.8) is 0 Å². The van der Waals surface area contributed by atoms with E-state index in [-0.39, 0.29) is 17.6 Å². The highest BCUT2D eigenvalue weighted by Gasteiger charge is 2.29. The van der Waals surface area contributed by atoms with Gasteiger partial charge in [0, 0.05) is 4.88 Å². The highest BCUT2D eigenvalue weighted by Crippen LogP contribution is 2.40. The number of amides is 1. The number of esters is 1. The first-order valence-electron chi connectivity index (χ1n) is 8.69. The van der Waals surface area contributed by atoms with Crippen LogP contribution in [-0.4, -0.2) is 18.5 Å². The highest BCUT2D eigenvalue weighted by atomic mass is 32.1. The quantitative estimate of drug-likeness (QED) is 0.791. The van der Waals surface area contributed by atoms with Gasteiger partial charge in [-0.3, -0.25) is 4.79 Å². The number of ether oxygens (including phenoxy) is 1. The second kappa shape index (κ2) is 7.44. The number of hydrogen-bond donors (Lipinski definition) is 1. The number of thiophene rings is 1. The molecule has 1 amide bonds. The van der Waals surface area contributed by atoms with E-state index in [1.165, 1.54) is 16.2 Å². The van der Waals surface area contributed by atoms with Crippen LogP contribution in [0, 0.1) is 12.8 Å². The molecule has 0 saturated carbocycles. The molecule has 5 nitrogen and oxygen atoms in total. The Morgan fingerprint density at radius 1 is 1.40 bits per heavy atom. The fraction of sp³-hybridized carbons (Fsp3) is 0.474. The van der Waals surface area contributed by atoms with Gasteiger partial charge in [-0.15, -0.1) is 11.3 Å². The van der Waals surface area contributed by atoms with Gasteiger partial charge in [-0.2, -0.15) is 0 Å². The largest absolute Gasteiger partial charge is 0.462 e. The molecule has 0 fully saturated rings. The molecule has 134 valence electrons. The first kappa shape index (κ1) is 17.7. The van der Waals surface area contributed by atoms with Crippen LogP contribution in [0.15, 0.2) is 16.5 Å². The molecule has 0 aliphatic heterocycles. The van der Waals surface area contributed by atoms with Crippen molar-refractivity contribution in [2.24, 2.45) is 5.92 Å². The number of carbonyl (C=O) groups excluding carboxylic acids is 2. The molecule has 1 aliphatic rings. The zero-order valence-electron chi connectivity index (χ0n) is 14.8. The van der Waals surface area contributed by atoms with Crippen LogP contribution in [0.1, 0.15) is 63.8 Å². The summed E-state index contributed by atoms with van der Waals surface area (Å²) in [5.41, 5.74) is 1.56. The predicted octanol–water partition coefficient (Wildman–Crippen LogP) is 4.59. The van der Waals surface area contributed by atoms with Crippen LogP contribution in [0.5, 0.6) is 0 Å². The zero-order chi connectivity index (χ0) is 18.0. The van der Waals surface area contributed by atoms with Gasteiger partial charge in [0.15, 0.2) is 5.76 Å². The lowest BCUT2D eigenvalue weighted by Gasteiger charge is -2.18. The van der Waals surface area contributed by atoms with E-state index in [1.807, 2.05) is 6.92 Å². The minimum absolute atomic E-state index is 0.241.